The van der Waals surface area contributed by atoms with E-state index in [0.717, 1.165) is 39.8 Å². The molecule has 0 saturated heterocycles. The highest BCUT2D eigenvalue weighted by Gasteiger charge is 2.30. The largest absolute Gasteiger partial charge is 0.416 e. The summed E-state index contributed by atoms with van der Waals surface area (Å²) in [6, 6.07) is 10.3. The molecule has 5 rings (SSSR count). The van der Waals surface area contributed by atoms with Gasteiger partial charge in [-0.05, 0) is 48.7 Å². The van der Waals surface area contributed by atoms with Crippen LogP contribution in [-0.2, 0) is 38.7 Å². The summed E-state index contributed by atoms with van der Waals surface area (Å²) in [4.78, 5) is 31.9. The highest BCUT2D eigenvalue weighted by atomic mass is 32.2. The van der Waals surface area contributed by atoms with E-state index in [-0.39, 0.29) is 47.1 Å². The summed E-state index contributed by atoms with van der Waals surface area (Å²) in [5, 5.41) is 7.78. The zero-order valence-electron chi connectivity index (χ0n) is 23.4. The molecule has 230 valence electrons. The van der Waals surface area contributed by atoms with E-state index in [2.05, 4.69) is 26.7 Å². The monoisotopic (exact) mass is 628 g/mol. The van der Waals surface area contributed by atoms with Crippen molar-refractivity contribution in [2.24, 2.45) is 0 Å². The van der Waals surface area contributed by atoms with Crippen LogP contribution in [0.25, 0.3) is 22.5 Å². The summed E-state index contributed by atoms with van der Waals surface area (Å²) >= 11 is 0. The number of fused-ring (bicyclic) bond motifs is 1. The Morgan fingerprint density at radius 3 is 2.52 bits per heavy atom. The molecule has 15 heteroatoms. The van der Waals surface area contributed by atoms with Gasteiger partial charge in [0.1, 0.15) is 6.54 Å². The number of sulfonamides is 1. The van der Waals surface area contributed by atoms with Crippen LogP contribution in [0, 0.1) is 0 Å². The molecular formula is C29H27F3N6O5S. The number of hydrogen-bond donors (Lipinski definition) is 2. The number of carbonyl (C=O) groups excluding carboxylic acids is 1. The van der Waals surface area contributed by atoms with Crippen LogP contribution in [0.3, 0.4) is 0 Å². The third-order valence-corrected chi connectivity index (χ3v) is 7.85. The second kappa shape index (κ2) is 12.1. The Bertz CT molecular complexity index is 1950. The van der Waals surface area contributed by atoms with Crippen molar-refractivity contribution >= 4 is 38.7 Å². The molecule has 0 radical (unpaired) electrons. The number of anilines is 2. The molecule has 0 spiro atoms. The van der Waals surface area contributed by atoms with Gasteiger partial charge in [0.2, 0.25) is 11.7 Å². The molecule has 0 aliphatic carbocycles. The number of aromatic nitrogens is 4. The molecule has 0 atom stereocenters. The molecule has 3 heterocycles. The van der Waals surface area contributed by atoms with E-state index in [1.807, 2.05) is 0 Å². The zero-order chi connectivity index (χ0) is 31.6. The number of alkyl halides is 3. The second-order valence-corrected chi connectivity index (χ2v) is 11.4. The maximum absolute atomic E-state index is 14.0. The SMILES string of the molecule is C=CS(=O)(=O)Nc1ccccc1-c1c(CC)n(CC(=O)Nc2ccc(C(F)(F)F)cc2)c2nc(C3=CCOCC3)nn2c1=O. The average molecular weight is 629 g/mol. The Labute approximate surface area is 249 Å². The lowest BCUT2D eigenvalue weighted by Gasteiger charge is -2.19. The second-order valence-electron chi connectivity index (χ2n) is 9.75. The fourth-order valence-electron chi connectivity index (χ4n) is 4.84. The Morgan fingerprint density at radius 1 is 1.16 bits per heavy atom. The summed E-state index contributed by atoms with van der Waals surface area (Å²) in [7, 11) is -3.95. The summed E-state index contributed by atoms with van der Waals surface area (Å²) in [5.41, 5.74) is 0.216. The van der Waals surface area contributed by atoms with Crippen LogP contribution in [0.5, 0.6) is 0 Å². The molecule has 0 fully saturated rings. The van der Waals surface area contributed by atoms with Crippen molar-refractivity contribution in [3.63, 3.8) is 0 Å². The predicted octanol–water partition coefficient (Wildman–Crippen LogP) is 4.47. The lowest BCUT2D eigenvalue weighted by atomic mass is 10.0. The lowest BCUT2D eigenvalue weighted by Crippen LogP contribution is -2.29. The summed E-state index contributed by atoms with van der Waals surface area (Å²) in [5.74, 6) is -0.279. The van der Waals surface area contributed by atoms with E-state index < -0.39 is 33.2 Å². The van der Waals surface area contributed by atoms with Crippen LogP contribution in [0.2, 0.25) is 0 Å². The number of hydrogen-bond acceptors (Lipinski definition) is 7. The fraction of sp³-hybridized carbons (Fsp3) is 0.241. The highest BCUT2D eigenvalue weighted by molar-refractivity contribution is 7.95. The molecule has 44 heavy (non-hydrogen) atoms. The molecule has 2 aromatic heterocycles. The van der Waals surface area contributed by atoms with Gasteiger partial charge < -0.3 is 14.6 Å². The summed E-state index contributed by atoms with van der Waals surface area (Å²) in [6.45, 7) is 5.46. The molecule has 1 amide bonds. The minimum atomic E-state index is -4.53. The minimum absolute atomic E-state index is 0.0599. The van der Waals surface area contributed by atoms with Gasteiger partial charge in [0.05, 0.1) is 30.0 Å². The molecule has 2 aromatic carbocycles. The number of nitrogens with zero attached hydrogens (tertiary/aromatic N) is 4. The molecule has 0 bridgehead atoms. The van der Waals surface area contributed by atoms with Gasteiger partial charge in [-0.1, -0.05) is 37.8 Å². The summed E-state index contributed by atoms with van der Waals surface area (Å²) in [6.07, 6.45) is -2.02. The van der Waals surface area contributed by atoms with Gasteiger partial charge in [-0.25, -0.2) is 8.42 Å². The number of amides is 1. The Balaban J connectivity index is 1.66. The number of nitrogens with one attached hydrogen (secondary N) is 2. The molecular weight excluding hydrogens is 601 g/mol. The van der Waals surface area contributed by atoms with E-state index in [4.69, 9.17) is 4.74 Å². The number of ether oxygens (including phenoxy) is 1. The maximum Gasteiger partial charge on any atom is 0.416 e. The Kier molecular flexibility index (Phi) is 8.43. The van der Waals surface area contributed by atoms with Crippen LogP contribution in [0.4, 0.5) is 24.5 Å². The smallest absolute Gasteiger partial charge is 0.377 e. The molecule has 11 nitrogen and oxygen atoms in total. The standard InChI is InChI=1S/C29H27F3N6O5S/c1-3-23-25(21-7-5-6-8-22(21)36-44(41,42)4-2)27(40)38-28(34-26(35-38)18-13-15-43-16-14-18)37(23)17-24(39)33-20-11-9-19(10-12-20)29(30,31)32/h4-13,36H,2-3,14-17H2,1H3,(H,33,39). The topological polar surface area (TPSA) is 137 Å². The first-order chi connectivity index (χ1) is 20.9. The van der Waals surface area contributed by atoms with Gasteiger partial charge in [-0.3, -0.25) is 14.3 Å². The van der Waals surface area contributed by atoms with Crippen molar-refractivity contribution < 1.29 is 31.1 Å². The maximum atomic E-state index is 14.0. The van der Waals surface area contributed by atoms with Crippen molar-refractivity contribution in [1.82, 2.24) is 19.2 Å². The van der Waals surface area contributed by atoms with Crippen LogP contribution < -0.4 is 15.6 Å². The fourth-order valence-corrected chi connectivity index (χ4v) is 5.41. The van der Waals surface area contributed by atoms with Gasteiger partial charge in [-0.2, -0.15) is 22.7 Å². The van der Waals surface area contributed by atoms with Gasteiger partial charge in [0.25, 0.3) is 15.6 Å². The first kappa shape index (κ1) is 30.7. The third-order valence-electron chi connectivity index (χ3n) is 6.90. The van der Waals surface area contributed by atoms with Crippen LogP contribution in [-0.4, -0.2) is 46.7 Å². The first-order valence-electron chi connectivity index (χ1n) is 13.4. The van der Waals surface area contributed by atoms with Crippen LogP contribution in [0.1, 0.15) is 30.4 Å². The van der Waals surface area contributed by atoms with Gasteiger partial charge in [-0.15, -0.1) is 5.10 Å². The first-order valence-corrected chi connectivity index (χ1v) is 15.0. The normalized spacial score (nSPS) is 13.9. The Hall–Kier alpha value is -4.76. The quantitative estimate of drug-likeness (QED) is 0.279. The highest BCUT2D eigenvalue weighted by Crippen LogP contribution is 2.32. The average Bonchev–Trinajstić information content (AvgIpc) is 3.45. The van der Waals surface area contributed by atoms with Crippen molar-refractivity contribution in [2.75, 3.05) is 23.3 Å². The molecule has 0 saturated carbocycles. The van der Waals surface area contributed by atoms with Gasteiger partial charge in [0.15, 0.2) is 5.82 Å². The van der Waals surface area contributed by atoms with E-state index in [1.165, 1.54) is 10.6 Å². The van der Waals surface area contributed by atoms with E-state index >= 15 is 0 Å². The van der Waals surface area contributed by atoms with Crippen molar-refractivity contribution in [2.45, 2.75) is 32.5 Å². The molecule has 1 aliphatic heterocycles. The van der Waals surface area contributed by atoms with Crippen LogP contribution >= 0.6 is 0 Å². The number of para-hydroxylation sites is 1. The number of halogens is 3. The van der Waals surface area contributed by atoms with E-state index in [9.17, 15) is 31.2 Å². The molecule has 2 N–H and O–H groups in total. The predicted molar refractivity (Wildman–Crippen MR) is 158 cm³/mol. The van der Waals surface area contributed by atoms with Gasteiger partial charge in [0, 0.05) is 22.4 Å². The van der Waals surface area contributed by atoms with E-state index in [1.54, 1.807) is 31.2 Å². The van der Waals surface area contributed by atoms with Crippen molar-refractivity contribution in [1.29, 1.82) is 0 Å². The van der Waals surface area contributed by atoms with Crippen molar-refractivity contribution in [3.05, 3.63) is 94.0 Å². The van der Waals surface area contributed by atoms with Crippen molar-refractivity contribution in [3.8, 4) is 11.1 Å². The Morgan fingerprint density at radius 2 is 1.89 bits per heavy atom. The molecule has 0 unspecified atom stereocenters. The number of rotatable bonds is 9. The third kappa shape index (κ3) is 6.28. The molecule has 4 aromatic rings. The number of carbonyl (C=O) groups is 1. The molecule has 1 aliphatic rings. The summed E-state index contributed by atoms with van der Waals surface area (Å²) < 4.78 is 74.1. The minimum Gasteiger partial charge on any atom is -0.377 e. The zero-order valence-corrected chi connectivity index (χ0v) is 24.2. The number of benzene rings is 2. The van der Waals surface area contributed by atoms with Crippen LogP contribution in [0.15, 0.2) is 71.4 Å². The van der Waals surface area contributed by atoms with E-state index in [0.29, 0.717) is 25.3 Å². The lowest BCUT2D eigenvalue weighted by molar-refractivity contribution is -0.137. The van der Waals surface area contributed by atoms with Gasteiger partial charge >= 0.3 is 6.18 Å².